The zero-order valence-corrected chi connectivity index (χ0v) is 51.9. The molecule has 16 rings (SSSR count). The maximum atomic E-state index is 4.85. The summed E-state index contributed by atoms with van der Waals surface area (Å²) in [5.74, 6) is 0. The molecule has 0 saturated heterocycles. The number of rotatable bonds is 14. The molecule has 0 aliphatic heterocycles. The molecular weight excluding hydrogens is 1130 g/mol. The summed E-state index contributed by atoms with van der Waals surface area (Å²) in [6.07, 6.45) is 8.00. The molecule has 0 bridgehead atoms. The van der Waals surface area contributed by atoms with Gasteiger partial charge in [-0.15, -0.1) is 0 Å². The van der Waals surface area contributed by atoms with Crippen LogP contribution in [0.15, 0.2) is 365 Å². The number of nitrogens with zero attached hydrogens (tertiary/aromatic N) is 4. The van der Waals surface area contributed by atoms with E-state index in [1.165, 1.54) is 83.8 Å². The second-order valence-corrected chi connectivity index (χ2v) is 34.6. The van der Waals surface area contributed by atoms with Gasteiger partial charge in [0, 0.05) is 45.3 Å². The van der Waals surface area contributed by atoms with Crippen molar-refractivity contribution in [1.29, 1.82) is 0 Å². The molecule has 0 atom stereocenters. The first-order valence-corrected chi connectivity index (χ1v) is 36.6. The Labute approximate surface area is 521 Å². The van der Waals surface area contributed by atoms with Crippen LogP contribution in [0.4, 0.5) is 0 Å². The Morgan fingerprint density at radius 1 is 0.191 bits per heavy atom. The molecule has 16 aromatic rings. The van der Waals surface area contributed by atoms with E-state index in [4.69, 9.17) is 9.97 Å². The minimum atomic E-state index is -3.20. The zero-order valence-electron chi connectivity index (χ0n) is 48.9. The lowest BCUT2D eigenvalue weighted by molar-refractivity contribution is 1.17. The Morgan fingerprint density at radius 3 is 0.719 bits per heavy atom. The molecule has 7 heteroatoms. The van der Waals surface area contributed by atoms with Gasteiger partial charge in [-0.1, -0.05) is 291 Å². The summed E-state index contributed by atoms with van der Waals surface area (Å²) in [5.41, 5.74) is 6.59. The van der Waals surface area contributed by atoms with Gasteiger partial charge in [0.05, 0.1) is 34.5 Å². The maximum Gasteiger partial charge on any atom is 0.179 e. The fourth-order valence-electron chi connectivity index (χ4n) is 15.0. The highest BCUT2D eigenvalue weighted by Crippen LogP contribution is 2.34. The topological polar surface area (TPSA) is 35.6 Å². The molecule has 0 N–H and O–H groups in total. The van der Waals surface area contributed by atoms with Crippen LogP contribution in [0.5, 0.6) is 0 Å². The van der Waals surface area contributed by atoms with Gasteiger partial charge in [0.1, 0.15) is 0 Å². The molecule has 0 aliphatic carbocycles. The van der Waals surface area contributed by atoms with Gasteiger partial charge in [-0.05, 0) is 111 Å². The lowest BCUT2D eigenvalue weighted by atomic mass is 10.2. The van der Waals surface area contributed by atoms with Gasteiger partial charge in [0.2, 0.25) is 0 Å². The lowest BCUT2D eigenvalue weighted by Gasteiger charge is -2.35. The van der Waals surface area contributed by atoms with Gasteiger partial charge < -0.3 is 9.13 Å². The minimum Gasteiger partial charge on any atom is -0.308 e. The van der Waals surface area contributed by atoms with Gasteiger partial charge in [-0.25, -0.2) is 0 Å². The number of benzene rings is 12. The number of hydrogen-bond donors (Lipinski definition) is 0. The molecule has 0 spiro atoms. The molecule has 0 aliphatic rings. The van der Waals surface area contributed by atoms with Crippen molar-refractivity contribution in [3.05, 3.63) is 365 Å². The minimum absolute atomic E-state index is 1.07. The van der Waals surface area contributed by atoms with Crippen LogP contribution < -0.4 is 62.2 Å². The van der Waals surface area contributed by atoms with Crippen molar-refractivity contribution in [2.24, 2.45) is 0 Å². The van der Waals surface area contributed by atoms with E-state index in [0.717, 1.165) is 33.4 Å². The van der Waals surface area contributed by atoms with Crippen molar-refractivity contribution in [3.8, 4) is 11.4 Å². The van der Waals surface area contributed by atoms with Gasteiger partial charge in [-0.2, -0.15) is 0 Å². The second-order valence-electron chi connectivity index (χ2n) is 23.2. The molecule has 420 valence electrons. The number of pyridine rings is 2. The standard InChI is InChI=1S/C82H60N4Si3/c1-9-29-63(30-10-1)87(64-31-11-2-12-32-64,65-33-13-3-14-34-65)73-47-49-79-77(57-73)75-51-53-83-59-81(75)85(79)61-27-25-45-71(55-61)89(69-41-21-7-22-42-69,70-43-23-8-24-44-70)72-46-26-28-62(56-72)86-80-50-48-74(58-78(80)76-52-54-84-60-82(76)86)88(66-35-15-4-16-36-66,67-37-17-5-18-38-67)68-39-19-6-20-40-68/h1-60H. The molecule has 0 radical (unpaired) electrons. The third-order valence-electron chi connectivity index (χ3n) is 18.7. The van der Waals surface area contributed by atoms with E-state index in [2.05, 4.69) is 361 Å². The van der Waals surface area contributed by atoms with E-state index >= 15 is 0 Å². The first-order valence-electron chi connectivity index (χ1n) is 30.6. The Kier molecular flexibility index (Phi) is 13.5. The van der Waals surface area contributed by atoms with E-state index in [-0.39, 0.29) is 0 Å². The van der Waals surface area contributed by atoms with Gasteiger partial charge >= 0.3 is 0 Å². The van der Waals surface area contributed by atoms with Crippen LogP contribution in [0.25, 0.3) is 55.0 Å². The van der Waals surface area contributed by atoms with Crippen LogP contribution in [-0.4, -0.2) is 43.3 Å². The van der Waals surface area contributed by atoms with Crippen LogP contribution in [-0.2, 0) is 0 Å². The monoisotopic (exact) mass is 1180 g/mol. The zero-order chi connectivity index (χ0) is 59.2. The largest absolute Gasteiger partial charge is 0.308 e. The molecule has 0 amide bonds. The first-order chi connectivity index (χ1) is 44.2. The second kappa shape index (κ2) is 22.5. The predicted molar refractivity (Wildman–Crippen MR) is 382 cm³/mol. The molecule has 0 saturated carbocycles. The fourth-order valence-corrected chi connectivity index (χ4v) is 29.4. The SMILES string of the molecule is c1ccc([Si](c2ccccc2)(c2cccc(-n3c4ccc([Si](c5ccccc5)(c5ccccc5)c5ccccc5)cc4c4ccncc43)c2)c2cccc(-n3c4ccc([Si](c5ccccc5)(c5ccccc5)c5ccccc5)cc4c4ccncc43)c2)cc1. The summed E-state index contributed by atoms with van der Waals surface area (Å²) in [4.78, 5) is 9.70. The van der Waals surface area contributed by atoms with Crippen LogP contribution in [0.2, 0.25) is 0 Å². The third-order valence-corrected chi connectivity index (χ3v) is 33.0. The molecule has 12 aromatic carbocycles. The van der Waals surface area contributed by atoms with Gasteiger partial charge in [0.15, 0.2) is 24.2 Å². The highest BCUT2D eigenvalue weighted by Gasteiger charge is 2.45. The Bertz CT molecular complexity index is 4660. The van der Waals surface area contributed by atoms with Crippen molar-refractivity contribution in [2.75, 3.05) is 0 Å². The summed E-state index contributed by atoms with van der Waals surface area (Å²) < 4.78 is 4.91. The van der Waals surface area contributed by atoms with Crippen LogP contribution >= 0.6 is 0 Å². The highest BCUT2D eigenvalue weighted by atomic mass is 28.3. The molecule has 0 unspecified atom stereocenters. The summed E-state index contributed by atoms with van der Waals surface area (Å²) in [6.45, 7) is 0. The molecule has 4 nitrogen and oxygen atoms in total. The van der Waals surface area contributed by atoms with Crippen molar-refractivity contribution >= 4 is 130 Å². The average Bonchev–Trinajstić information content (AvgIpc) is 1.62. The average molecular weight is 1190 g/mol. The maximum absolute atomic E-state index is 4.85. The molecule has 4 heterocycles. The van der Waals surface area contributed by atoms with E-state index < -0.39 is 24.2 Å². The lowest BCUT2D eigenvalue weighted by Crippen LogP contribution is -2.74. The summed E-state index contributed by atoms with van der Waals surface area (Å²) in [5, 5.41) is 20.7. The quantitative estimate of drug-likeness (QED) is 0.0804. The van der Waals surface area contributed by atoms with Crippen molar-refractivity contribution < 1.29 is 0 Å². The summed E-state index contributed by atoms with van der Waals surface area (Å²) in [6, 6.07) is 128. The number of fused-ring (bicyclic) bond motifs is 6. The molecule has 0 fully saturated rings. The van der Waals surface area contributed by atoms with Crippen molar-refractivity contribution in [1.82, 2.24) is 19.1 Å². The van der Waals surface area contributed by atoms with Crippen LogP contribution in [0, 0.1) is 0 Å². The predicted octanol–water partition coefficient (Wildman–Crippen LogP) is 10.8. The van der Waals surface area contributed by atoms with Crippen LogP contribution in [0.1, 0.15) is 0 Å². The highest BCUT2D eigenvalue weighted by molar-refractivity contribution is 7.21. The van der Waals surface area contributed by atoms with E-state index in [9.17, 15) is 0 Å². The van der Waals surface area contributed by atoms with E-state index in [0.29, 0.717) is 0 Å². The van der Waals surface area contributed by atoms with E-state index in [1.54, 1.807) is 0 Å². The number of hydrogen-bond acceptors (Lipinski definition) is 2. The van der Waals surface area contributed by atoms with Crippen molar-refractivity contribution in [2.45, 2.75) is 0 Å². The normalized spacial score (nSPS) is 12.0. The third kappa shape index (κ3) is 8.61. The summed E-state index contributed by atoms with van der Waals surface area (Å²) >= 11 is 0. The summed E-state index contributed by atoms with van der Waals surface area (Å²) in [7, 11) is -8.89. The Morgan fingerprint density at radius 2 is 0.438 bits per heavy atom. The molecule has 4 aromatic heterocycles. The Balaban J connectivity index is 0.903. The van der Waals surface area contributed by atoms with Gasteiger partial charge in [0.25, 0.3) is 0 Å². The first kappa shape index (κ1) is 53.6. The van der Waals surface area contributed by atoms with Gasteiger partial charge in [-0.3, -0.25) is 9.97 Å². The molecule has 89 heavy (non-hydrogen) atoms. The fraction of sp³-hybridized carbons (Fsp3) is 0. The molecular formula is C82H60N4Si3. The van der Waals surface area contributed by atoms with E-state index in [1.807, 2.05) is 12.4 Å². The number of aromatic nitrogens is 4. The van der Waals surface area contributed by atoms with Crippen LogP contribution in [0.3, 0.4) is 0 Å². The Hall–Kier alpha value is -10.8. The smallest absolute Gasteiger partial charge is 0.179 e. The van der Waals surface area contributed by atoms with Crippen molar-refractivity contribution in [3.63, 3.8) is 0 Å².